The van der Waals surface area contributed by atoms with E-state index >= 15 is 0 Å². The minimum atomic E-state index is -0.550. The van der Waals surface area contributed by atoms with Crippen molar-refractivity contribution in [1.29, 1.82) is 0 Å². The second-order valence-corrected chi connectivity index (χ2v) is 6.17. The van der Waals surface area contributed by atoms with E-state index in [1.807, 2.05) is 79.7 Å². The average molecular weight is 372 g/mol. The Balaban J connectivity index is 1.66. The van der Waals surface area contributed by atoms with Crippen LogP contribution >= 0.6 is 0 Å². The van der Waals surface area contributed by atoms with E-state index in [4.69, 9.17) is 4.74 Å². The topological polar surface area (TPSA) is 67.8 Å². The molecule has 140 valence electrons. The zero-order valence-corrected chi connectivity index (χ0v) is 15.5. The van der Waals surface area contributed by atoms with Gasteiger partial charge in [0.1, 0.15) is 0 Å². The van der Waals surface area contributed by atoms with E-state index in [1.165, 1.54) is 0 Å². The van der Waals surface area contributed by atoms with Crippen molar-refractivity contribution in [3.05, 3.63) is 107 Å². The number of carbonyl (C=O) groups is 2. The molecule has 0 aliphatic carbocycles. The molecule has 1 amide bonds. The van der Waals surface area contributed by atoms with E-state index in [1.54, 1.807) is 12.1 Å². The summed E-state index contributed by atoms with van der Waals surface area (Å²) in [6, 6.07) is 26.0. The lowest BCUT2D eigenvalue weighted by Crippen LogP contribution is -2.26. The Morgan fingerprint density at radius 3 is 1.86 bits per heavy atom. The molecule has 0 unspecified atom stereocenters. The number of hydrogen-bond donors (Lipinski definition) is 1. The predicted octanol–water partition coefficient (Wildman–Crippen LogP) is 3.72. The van der Waals surface area contributed by atoms with E-state index in [9.17, 15) is 9.59 Å². The van der Waals surface area contributed by atoms with Gasteiger partial charge in [-0.3, -0.25) is 4.79 Å². The molecule has 0 atom stereocenters. The number of nitrogens with zero attached hydrogens (tertiary/aromatic N) is 1. The molecule has 0 saturated carbocycles. The van der Waals surface area contributed by atoms with Crippen LogP contribution < -0.4 is 5.43 Å². The molecule has 5 heteroatoms. The smallest absolute Gasteiger partial charge is 0.338 e. The minimum Gasteiger partial charge on any atom is -0.452 e. The van der Waals surface area contributed by atoms with Gasteiger partial charge in [0.2, 0.25) is 0 Å². The summed E-state index contributed by atoms with van der Waals surface area (Å²) in [7, 11) is 0. The molecule has 0 fully saturated rings. The first-order valence-electron chi connectivity index (χ1n) is 8.84. The normalized spacial score (nSPS) is 10.0. The summed E-state index contributed by atoms with van der Waals surface area (Å²) in [5, 5.41) is 4.25. The fraction of sp³-hybridized carbons (Fsp3) is 0.0870. The van der Waals surface area contributed by atoms with Gasteiger partial charge in [-0.1, -0.05) is 78.4 Å². The van der Waals surface area contributed by atoms with Crippen molar-refractivity contribution in [1.82, 2.24) is 5.43 Å². The first-order valence-corrected chi connectivity index (χ1v) is 8.84. The van der Waals surface area contributed by atoms with Gasteiger partial charge in [-0.25, -0.2) is 10.2 Å². The number of amides is 1. The molecule has 0 radical (unpaired) electrons. The molecule has 3 aromatic rings. The van der Waals surface area contributed by atoms with E-state index in [-0.39, 0.29) is 0 Å². The van der Waals surface area contributed by atoms with Gasteiger partial charge in [-0.2, -0.15) is 5.10 Å². The number of nitrogens with one attached hydrogen (secondary N) is 1. The molecule has 0 aliphatic heterocycles. The summed E-state index contributed by atoms with van der Waals surface area (Å²) < 4.78 is 5.05. The third-order valence-electron chi connectivity index (χ3n) is 4.01. The molecule has 3 rings (SSSR count). The Morgan fingerprint density at radius 2 is 1.32 bits per heavy atom. The van der Waals surface area contributed by atoms with Crippen molar-refractivity contribution in [2.24, 2.45) is 5.10 Å². The van der Waals surface area contributed by atoms with Crippen molar-refractivity contribution >= 4 is 17.6 Å². The molecular weight excluding hydrogens is 352 g/mol. The summed E-state index contributed by atoms with van der Waals surface area (Å²) in [4.78, 5) is 24.1. The number of carbonyl (C=O) groups excluding carboxylic acids is 2. The lowest BCUT2D eigenvalue weighted by atomic mass is 10.0. The van der Waals surface area contributed by atoms with Gasteiger partial charge in [-0.15, -0.1) is 0 Å². The second-order valence-electron chi connectivity index (χ2n) is 6.17. The van der Waals surface area contributed by atoms with Gasteiger partial charge in [0.25, 0.3) is 5.91 Å². The van der Waals surface area contributed by atoms with Gasteiger partial charge in [0.05, 0.1) is 11.3 Å². The van der Waals surface area contributed by atoms with Crippen LogP contribution in [0.25, 0.3) is 0 Å². The Hall–Kier alpha value is -3.73. The number of aryl methyl sites for hydroxylation is 1. The van der Waals surface area contributed by atoms with E-state index in [0.29, 0.717) is 11.3 Å². The molecule has 1 N–H and O–H groups in total. The zero-order chi connectivity index (χ0) is 19.8. The highest BCUT2D eigenvalue weighted by molar-refractivity contribution is 6.13. The Morgan fingerprint density at radius 1 is 0.786 bits per heavy atom. The number of ether oxygens (including phenoxy) is 1. The summed E-state index contributed by atoms with van der Waals surface area (Å²) >= 11 is 0. The van der Waals surface area contributed by atoms with E-state index in [2.05, 4.69) is 10.5 Å². The van der Waals surface area contributed by atoms with Gasteiger partial charge >= 0.3 is 5.97 Å². The van der Waals surface area contributed by atoms with Crippen LogP contribution in [-0.4, -0.2) is 24.2 Å². The van der Waals surface area contributed by atoms with Crippen LogP contribution in [0.5, 0.6) is 0 Å². The van der Waals surface area contributed by atoms with Crippen LogP contribution in [-0.2, 0) is 9.53 Å². The number of hydrogen-bond acceptors (Lipinski definition) is 4. The van der Waals surface area contributed by atoms with Crippen LogP contribution in [0.1, 0.15) is 27.0 Å². The number of esters is 1. The van der Waals surface area contributed by atoms with Crippen molar-refractivity contribution in [3.8, 4) is 0 Å². The molecule has 0 saturated heterocycles. The third kappa shape index (κ3) is 5.14. The zero-order valence-electron chi connectivity index (χ0n) is 15.5. The number of benzene rings is 3. The number of rotatable bonds is 6. The Kier molecular flexibility index (Phi) is 6.31. The van der Waals surface area contributed by atoms with Crippen molar-refractivity contribution in [2.75, 3.05) is 6.61 Å². The summed E-state index contributed by atoms with van der Waals surface area (Å²) in [6.07, 6.45) is 0. The summed E-state index contributed by atoms with van der Waals surface area (Å²) in [5.74, 6) is -1.06. The first-order chi connectivity index (χ1) is 13.6. The van der Waals surface area contributed by atoms with Crippen molar-refractivity contribution < 1.29 is 14.3 Å². The standard InChI is InChI=1S/C23H20N2O3/c1-17-12-14-20(15-13-17)23(27)28-16-21(26)24-25-22(18-8-4-2-5-9-18)19-10-6-3-7-11-19/h2-15H,16H2,1H3,(H,24,26). The quantitative estimate of drug-likeness (QED) is 0.407. The first kappa shape index (κ1) is 19.0. The van der Waals surface area contributed by atoms with Crippen LogP contribution in [0.2, 0.25) is 0 Å². The molecule has 0 bridgehead atoms. The van der Waals surface area contributed by atoms with Crippen molar-refractivity contribution in [3.63, 3.8) is 0 Å². The highest BCUT2D eigenvalue weighted by Gasteiger charge is 2.11. The minimum absolute atomic E-state index is 0.399. The fourth-order valence-electron chi connectivity index (χ4n) is 2.54. The molecule has 28 heavy (non-hydrogen) atoms. The average Bonchev–Trinajstić information content (AvgIpc) is 2.74. The lowest BCUT2D eigenvalue weighted by Gasteiger charge is -2.08. The van der Waals surface area contributed by atoms with Crippen LogP contribution in [0.15, 0.2) is 90.0 Å². The molecule has 3 aromatic carbocycles. The lowest BCUT2D eigenvalue weighted by molar-refractivity contribution is -0.124. The molecule has 0 heterocycles. The highest BCUT2D eigenvalue weighted by atomic mass is 16.5. The predicted molar refractivity (Wildman–Crippen MR) is 108 cm³/mol. The highest BCUT2D eigenvalue weighted by Crippen LogP contribution is 2.10. The van der Waals surface area contributed by atoms with Gasteiger partial charge in [0, 0.05) is 11.1 Å². The van der Waals surface area contributed by atoms with Crippen LogP contribution in [0, 0.1) is 6.92 Å². The largest absolute Gasteiger partial charge is 0.452 e. The molecule has 0 aromatic heterocycles. The SMILES string of the molecule is Cc1ccc(C(=O)OCC(=O)NN=C(c2ccccc2)c2ccccc2)cc1. The van der Waals surface area contributed by atoms with Gasteiger partial charge < -0.3 is 4.74 Å². The Bertz CT molecular complexity index is 924. The summed E-state index contributed by atoms with van der Waals surface area (Å²) in [5.41, 5.74) is 6.26. The van der Waals surface area contributed by atoms with Gasteiger partial charge in [0.15, 0.2) is 6.61 Å². The Labute approximate surface area is 163 Å². The van der Waals surface area contributed by atoms with Crippen LogP contribution in [0.4, 0.5) is 0 Å². The van der Waals surface area contributed by atoms with E-state index < -0.39 is 18.5 Å². The monoisotopic (exact) mass is 372 g/mol. The van der Waals surface area contributed by atoms with Gasteiger partial charge in [-0.05, 0) is 19.1 Å². The molecular formula is C23H20N2O3. The maximum atomic E-state index is 12.1. The van der Waals surface area contributed by atoms with Crippen molar-refractivity contribution in [2.45, 2.75) is 6.92 Å². The van der Waals surface area contributed by atoms with Crippen LogP contribution in [0.3, 0.4) is 0 Å². The fourth-order valence-corrected chi connectivity index (χ4v) is 2.54. The second kappa shape index (κ2) is 9.28. The number of hydrazone groups is 1. The molecule has 0 aliphatic rings. The maximum absolute atomic E-state index is 12.1. The third-order valence-corrected chi connectivity index (χ3v) is 4.01. The molecule has 0 spiro atoms. The maximum Gasteiger partial charge on any atom is 0.338 e. The summed E-state index contributed by atoms with van der Waals surface area (Å²) in [6.45, 7) is 1.52. The molecule has 5 nitrogen and oxygen atoms in total. The van der Waals surface area contributed by atoms with E-state index in [0.717, 1.165) is 16.7 Å².